The van der Waals surface area contributed by atoms with Gasteiger partial charge in [-0.1, -0.05) is 11.6 Å². The molecule has 192 valence electrons. The first-order valence-corrected chi connectivity index (χ1v) is 11.7. The van der Waals surface area contributed by atoms with Crippen molar-refractivity contribution in [2.75, 3.05) is 0 Å². The first-order chi connectivity index (χ1) is 15.9. The van der Waals surface area contributed by atoms with Crippen molar-refractivity contribution in [2.24, 2.45) is 0 Å². The molecular weight excluding hydrogens is 539 g/mol. The molecule has 2 aromatic rings. The maximum Gasteiger partial charge on any atom is 0.416 e. The second-order valence-electron chi connectivity index (χ2n) is 8.16. The van der Waals surface area contributed by atoms with Gasteiger partial charge < -0.3 is 0 Å². The predicted molar refractivity (Wildman–Crippen MR) is 105 cm³/mol. The minimum Gasteiger partial charge on any atom is -0.195 e. The van der Waals surface area contributed by atoms with Crippen LogP contribution in [0, 0.1) is 0 Å². The number of fused-ring (bicyclic) bond motifs is 1. The number of halogens is 10. The highest BCUT2D eigenvalue weighted by molar-refractivity contribution is 7.87. The predicted octanol–water partition coefficient (Wildman–Crippen LogP) is 6.49. The van der Waals surface area contributed by atoms with E-state index in [0.29, 0.717) is 24.3 Å². The second-order valence-corrected chi connectivity index (χ2v) is 10.2. The Morgan fingerprint density at radius 2 is 1.34 bits per heavy atom. The van der Waals surface area contributed by atoms with Crippen LogP contribution in [-0.2, 0) is 28.7 Å². The van der Waals surface area contributed by atoms with Gasteiger partial charge in [-0.15, -0.1) is 0 Å². The van der Waals surface area contributed by atoms with Crippen molar-refractivity contribution in [1.29, 1.82) is 0 Å². The summed E-state index contributed by atoms with van der Waals surface area (Å²) < 4.78 is 148. The molecule has 0 unspecified atom stereocenters. The van der Waals surface area contributed by atoms with Crippen LogP contribution in [0.1, 0.15) is 52.7 Å². The molecule has 3 atom stereocenters. The first kappa shape index (κ1) is 26.0. The van der Waals surface area contributed by atoms with Gasteiger partial charge in [-0.2, -0.15) is 57.0 Å². The van der Waals surface area contributed by atoms with E-state index in [1.807, 2.05) is 0 Å². The van der Waals surface area contributed by atoms with Gasteiger partial charge >= 0.3 is 18.5 Å². The summed E-state index contributed by atoms with van der Waals surface area (Å²) in [7, 11) is -4.50. The zero-order valence-corrected chi connectivity index (χ0v) is 18.6. The van der Waals surface area contributed by atoms with Crippen LogP contribution in [0.5, 0.6) is 0 Å². The summed E-state index contributed by atoms with van der Waals surface area (Å²) in [4.78, 5) is 0. The summed E-state index contributed by atoms with van der Waals surface area (Å²) >= 11 is 6.05. The van der Waals surface area contributed by atoms with Gasteiger partial charge in [0.05, 0.1) is 28.8 Å². The van der Waals surface area contributed by atoms with Gasteiger partial charge in [-0.05, 0) is 60.4 Å². The lowest BCUT2D eigenvalue weighted by atomic mass is 9.94. The lowest BCUT2D eigenvalue weighted by molar-refractivity contribution is -0.143. The highest BCUT2D eigenvalue weighted by Gasteiger charge is 2.53. The van der Waals surface area contributed by atoms with Crippen LogP contribution in [-0.4, -0.2) is 18.8 Å². The monoisotopic (exact) mass is 552 g/mol. The Bertz CT molecular complexity index is 1230. The fourth-order valence-corrected chi connectivity index (χ4v) is 6.61. The molecule has 4 rings (SSSR count). The average Bonchev–Trinajstić information content (AvgIpc) is 3.26. The number of nitrogens with one attached hydrogen (secondary N) is 1. The Hall–Kier alpha value is -2.03. The van der Waals surface area contributed by atoms with Crippen molar-refractivity contribution in [3.05, 3.63) is 69.2 Å². The van der Waals surface area contributed by atoms with E-state index >= 15 is 0 Å². The molecule has 0 radical (unpaired) electrons. The van der Waals surface area contributed by atoms with E-state index in [4.69, 9.17) is 11.6 Å². The average molecular weight is 553 g/mol. The molecule has 2 fully saturated rings. The summed E-state index contributed by atoms with van der Waals surface area (Å²) in [6.07, 6.45) is -15.1. The van der Waals surface area contributed by atoms with Gasteiger partial charge in [-0.25, -0.2) is 0 Å². The Kier molecular flexibility index (Phi) is 6.14. The molecule has 0 saturated carbocycles. The SMILES string of the molecule is O=S1(=O)N[C@H](c2cc(C(F)(F)F)cc(C(F)(F)F)c2)[C@@H]2CC[C@@H](c3cc(C(F)(F)F)ccc3Cl)N21. The largest absolute Gasteiger partial charge is 0.416 e. The molecular formula is C20H14ClF9N2O2S. The lowest BCUT2D eigenvalue weighted by Crippen LogP contribution is -2.33. The third-order valence-electron chi connectivity index (χ3n) is 5.96. The standard InChI is InChI=1S/C20H14ClF9N2O2S/c21-14-2-1-10(18(22,23)24)8-13(14)15-3-4-16-17(31-35(33,34)32(15)16)9-5-11(19(25,26)27)7-12(6-9)20(28,29)30/h1-2,5-8,15-17,31H,3-4H2/t15-,16-,17+/m0/s1. The van der Waals surface area contributed by atoms with Gasteiger partial charge in [0.2, 0.25) is 0 Å². The fraction of sp³-hybridized carbons (Fsp3) is 0.400. The van der Waals surface area contributed by atoms with Crippen LogP contribution in [0.4, 0.5) is 39.5 Å². The Labute approximate surface area is 197 Å². The summed E-state index contributed by atoms with van der Waals surface area (Å²) in [5.74, 6) is 0. The number of hydrogen-bond donors (Lipinski definition) is 1. The minimum absolute atomic E-state index is 0.0474. The number of rotatable bonds is 2. The van der Waals surface area contributed by atoms with Crippen molar-refractivity contribution < 1.29 is 47.9 Å². The molecule has 2 saturated heterocycles. The minimum atomic E-state index is -5.14. The number of benzene rings is 2. The zero-order valence-electron chi connectivity index (χ0n) is 17.1. The van der Waals surface area contributed by atoms with Crippen LogP contribution < -0.4 is 4.72 Å². The van der Waals surface area contributed by atoms with Gasteiger partial charge in [-0.3, -0.25) is 0 Å². The van der Waals surface area contributed by atoms with Crippen LogP contribution in [0.3, 0.4) is 0 Å². The normalized spacial score (nSPS) is 25.1. The summed E-state index contributed by atoms with van der Waals surface area (Å²) in [6, 6.07) is -0.743. The molecule has 0 aliphatic carbocycles. The van der Waals surface area contributed by atoms with Crippen LogP contribution in [0.15, 0.2) is 36.4 Å². The Balaban J connectivity index is 1.78. The molecule has 4 nitrogen and oxygen atoms in total. The molecule has 2 aliphatic rings. The van der Waals surface area contributed by atoms with E-state index in [1.54, 1.807) is 0 Å². The van der Waals surface area contributed by atoms with Gasteiger partial charge in [0.15, 0.2) is 0 Å². The quantitative estimate of drug-likeness (QED) is 0.433. The lowest BCUT2D eigenvalue weighted by Gasteiger charge is -2.24. The zero-order chi connectivity index (χ0) is 26.1. The van der Waals surface area contributed by atoms with Gasteiger partial charge in [0.1, 0.15) is 0 Å². The number of alkyl halides is 9. The molecule has 0 aromatic heterocycles. The summed E-state index contributed by atoms with van der Waals surface area (Å²) in [6.45, 7) is 0. The maximum atomic E-state index is 13.3. The molecule has 0 bridgehead atoms. The van der Waals surface area contributed by atoms with Crippen molar-refractivity contribution in [1.82, 2.24) is 9.03 Å². The van der Waals surface area contributed by atoms with E-state index in [2.05, 4.69) is 4.72 Å². The molecule has 0 spiro atoms. The first-order valence-electron chi connectivity index (χ1n) is 9.86. The Morgan fingerprint density at radius 1 is 0.800 bits per heavy atom. The van der Waals surface area contributed by atoms with Gasteiger partial charge in [0, 0.05) is 11.1 Å². The van der Waals surface area contributed by atoms with E-state index < -0.39 is 69.1 Å². The fourth-order valence-electron chi connectivity index (χ4n) is 4.49. The number of hydrogen-bond acceptors (Lipinski definition) is 2. The molecule has 35 heavy (non-hydrogen) atoms. The summed E-state index contributed by atoms with van der Waals surface area (Å²) in [5, 5.41) is -0.166. The van der Waals surface area contributed by atoms with Crippen molar-refractivity contribution in [3.63, 3.8) is 0 Å². The molecule has 2 heterocycles. The van der Waals surface area contributed by atoms with Crippen LogP contribution >= 0.6 is 11.6 Å². The number of nitrogens with zero attached hydrogens (tertiary/aromatic N) is 1. The highest BCUT2D eigenvalue weighted by Crippen LogP contribution is 2.50. The molecule has 2 aromatic carbocycles. The molecule has 2 aliphatic heterocycles. The van der Waals surface area contributed by atoms with Crippen molar-refractivity contribution in [3.8, 4) is 0 Å². The third kappa shape index (κ3) is 4.85. The van der Waals surface area contributed by atoms with E-state index in [0.717, 1.165) is 10.4 Å². The van der Waals surface area contributed by atoms with Crippen molar-refractivity contribution >= 4 is 21.8 Å². The maximum absolute atomic E-state index is 13.3. The highest BCUT2D eigenvalue weighted by atomic mass is 35.5. The van der Waals surface area contributed by atoms with Crippen molar-refractivity contribution in [2.45, 2.75) is 49.5 Å². The summed E-state index contributed by atoms with van der Waals surface area (Å²) in [5.41, 5.74) is -5.06. The second kappa shape index (κ2) is 8.25. The smallest absolute Gasteiger partial charge is 0.195 e. The molecule has 1 N–H and O–H groups in total. The van der Waals surface area contributed by atoms with E-state index in [9.17, 15) is 47.9 Å². The van der Waals surface area contributed by atoms with E-state index in [1.165, 1.54) is 0 Å². The van der Waals surface area contributed by atoms with Crippen LogP contribution in [0.25, 0.3) is 0 Å². The molecule has 0 amide bonds. The van der Waals surface area contributed by atoms with E-state index in [-0.39, 0.29) is 29.5 Å². The Morgan fingerprint density at radius 3 is 1.86 bits per heavy atom. The van der Waals surface area contributed by atoms with Gasteiger partial charge in [0.25, 0.3) is 10.2 Å². The third-order valence-corrected chi connectivity index (χ3v) is 7.94. The molecule has 15 heteroatoms. The topological polar surface area (TPSA) is 49.4 Å². The van der Waals surface area contributed by atoms with Crippen LogP contribution in [0.2, 0.25) is 5.02 Å².